The molecule has 0 radical (unpaired) electrons. The second kappa shape index (κ2) is 6.06. The molecule has 2 aromatic carbocycles. The highest BCUT2D eigenvalue weighted by Gasteiger charge is 2.07. The average Bonchev–Trinajstić information content (AvgIpc) is 2.45. The Morgan fingerprint density at radius 3 is 2.75 bits per heavy atom. The summed E-state index contributed by atoms with van der Waals surface area (Å²) < 4.78 is 19.4. The second-order valence-corrected chi connectivity index (χ2v) is 4.40. The highest BCUT2D eigenvalue weighted by atomic mass is 19.1. The molecular formula is C15H15FN2O2. The number of hydrogen-bond donors (Lipinski definition) is 2. The van der Waals surface area contributed by atoms with Gasteiger partial charge in [0.1, 0.15) is 18.2 Å². The molecule has 0 aliphatic carbocycles. The fourth-order valence-corrected chi connectivity index (χ4v) is 1.75. The molecule has 5 heteroatoms. The Hall–Kier alpha value is -2.56. The van der Waals surface area contributed by atoms with E-state index in [1.165, 1.54) is 6.07 Å². The zero-order valence-corrected chi connectivity index (χ0v) is 11.0. The van der Waals surface area contributed by atoms with Gasteiger partial charge in [0.25, 0.3) is 0 Å². The van der Waals surface area contributed by atoms with Crippen molar-refractivity contribution >= 4 is 5.84 Å². The van der Waals surface area contributed by atoms with Crippen molar-refractivity contribution in [1.29, 1.82) is 0 Å². The maximum absolute atomic E-state index is 13.9. The van der Waals surface area contributed by atoms with Crippen molar-refractivity contribution < 1.29 is 14.3 Å². The highest BCUT2D eigenvalue weighted by molar-refractivity contribution is 5.97. The summed E-state index contributed by atoms with van der Waals surface area (Å²) in [7, 11) is 0. The van der Waals surface area contributed by atoms with Gasteiger partial charge >= 0.3 is 0 Å². The lowest BCUT2D eigenvalue weighted by molar-refractivity contribution is 0.299. The molecule has 0 atom stereocenters. The maximum Gasteiger partial charge on any atom is 0.170 e. The molecule has 20 heavy (non-hydrogen) atoms. The summed E-state index contributed by atoms with van der Waals surface area (Å²) in [6.07, 6.45) is 0. The van der Waals surface area contributed by atoms with E-state index in [-0.39, 0.29) is 12.4 Å². The number of aryl methyl sites for hydroxylation is 1. The summed E-state index contributed by atoms with van der Waals surface area (Å²) in [6, 6.07) is 11.9. The zero-order chi connectivity index (χ0) is 14.5. The Bertz CT molecular complexity index is 642. The minimum atomic E-state index is -0.457. The molecule has 4 nitrogen and oxygen atoms in total. The maximum atomic E-state index is 13.9. The van der Waals surface area contributed by atoms with Gasteiger partial charge < -0.3 is 15.7 Å². The molecule has 3 N–H and O–H groups in total. The lowest BCUT2D eigenvalue weighted by atomic mass is 10.1. The lowest BCUT2D eigenvalue weighted by Crippen LogP contribution is -2.13. The van der Waals surface area contributed by atoms with Crippen molar-refractivity contribution in [2.24, 2.45) is 10.9 Å². The summed E-state index contributed by atoms with van der Waals surface area (Å²) >= 11 is 0. The summed E-state index contributed by atoms with van der Waals surface area (Å²) in [5, 5.41) is 11.4. The van der Waals surface area contributed by atoms with Crippen molar-refractivity contribution in [2.75, 3.05) is 0 Å². The number of rotatable bonds is 4. The van der Waals surface area contributed by atoms with Gasteiger partial charge in [-0.25, -0.2) is 4.39 Å². The van der Waals surface area contributed by atoms with E-state index in [4.69, 9.17) is 15.7 Å². The van der Waals surface area contributed by atoms with Gasteiger partial charge in [0.2, 0.25) is 0 Å². The van der Waals surface area contributed by atoms with Crippen LogP contribution in [0.15, 0.2) is 47.6 Å². The van der Waals surface area contributed by atoms with Crippen LogP contribution in [0.3, 0.4) is 0 Å². The van der Waals surface area contributed by atoms with Crippen LogP contribution in [-0.2, 0) is 6.61 Å². The molecule has 0 unspecified atom stereocenters. The van der Waals surface area contributed by atoms with E-state index >= 15 is 0 Å². The third-order valence-electron chi connectivity index (χ3n) is 2.84. The van der Waals surface area contributed by atoms with Crippen LogP contribution in [0.1, 0.15) is 16.7 Å². The Morgan fingerprint density at radius 2 is 2.10 bits per heavy atom. The molecule has 0 fully saturated rings. The predicted molar refractivity (Wildman–Crippen MR) is 74.4 cm³/mol. The van der Waals surface area contributed by atoms with E-state index in [2.05, 4.69) is 5.16 Å². The van der Waals surface area contributed by atoms with Crippen LogP contribution in [0.25, 0.3) is 0 Å². The van der Waals surface area contributed by atoms with E-state index in [0.29, 0.717) is 16.9 Å². The van der Waals surface area contributed by atoms with Crippen LogP contribution in [0.4, 0.5) is 4.39 Å². The highest BCUT2D eigenvalue weighted by Crippen LogP contribution is 2.16. The number of nitrogens with zero attached hydrogens (tertiary/aromatic N) is 1. The minimum Gasteiger partial charge on any atom is -0.489 e. The van der Waals surface area contributed by atoms with Gasteiger partial charge in [-0.2, -0.15) is 0 Å². The molecule has 0 aromatic heterocycles. The van der Waals surface area contributed by atoms with Crippen LogP contribution >= 0.6 is 0 Å². The summed E-state index contributed by atoms with van der Waals surface area (Å²) in [6.45, 7) is 2.07. The number of oxime groups is 1. The lowest BCUT2D eigenvalue weighted by Gasteiger charge is -2.08. The summed E-state index contributed by atoms with van der Waals surface area (Å²) in [4.78, 5) is 0. The Kier molecular flexibility index (Phi) is 4.20. The van der Waals surface area contributed by atoms with E-state index in [0.717, 1.165) is 5.56 Å². The SMILES string of the molecule is Cc1cccc(OCc2ccc(/C(N)=N/O)cc2F)c1. The van der Waals surface area contributed by atoms with Gasteiger partial charge in [-0.05, 0) is 30.7 Å². The summed E-state index contributed by atoms with van der Waals surface area (Å²) in [5.74, 6) is 0.0988. The first-order valence-corrected chi connectivity index (χ1v) is 6.06. The molecule has 0 aliphatic rings. The van der Waals surface area contributed by atoms with E-state index in [1.807, 2.05) is 31.2 Å². The standard InChI is InChI=1S/C15H15FN2O2/c1-10-3-2-4-13(7-10)20-9-12-6-5-11(8-14(12)16)15(17)18-19/h2-8,19H,9H2,1H3,(H2,17,18). The number of halogens is 1. The van der Waals surface area contributed by atoms with E-state index in [1.54, 1.807) is 12.1 Å². The van der Waals surface area contributed by atoms with Crippen molar-refractivity contribution in [1.82, 2.24) is 0 Å². The van der Waals surface area contributed by atoms with Gasteiger partial charge in [0.05, 0.1) is 0 Å². The van der Waals surface area contributed by atoms with Gasteiger partial charge in [0, 0.05) is 11.1 Å². The average molecular weight is 274 g/mol. The smallest absolute Gasteiger partial charge is 0.170 e. The molecule has 0 heterocycles. The van der Waals surface area contributed by atoms with Gasteiger partial charge in [-0.3, -0.25) is 0 Å². The van der Waals surface area contributed by atoms with Crippen molar-refractivity contribution in [3.05, 3.63) is 65.0 Å². The van der Waals surface area contributed by atoms with Gasteiger partial charge in [0.15, 0.2) is 5.84 Å². The molecule has 0 aliphatic heterocycles. The number of hydrogen-bond acceptors (Lipinski definition) is 3. The van der Waals surface area contributed by atoms with E-state index in [9.17, 15) is 4.39 Å². The Labute approximate surface area is 116 Å². The minimum absolute atomic E-state index is 0.117. The molecule has 0 spiro atoms. The number of ether oxygens (including phenoxy) is 1. The van der Waals surface area contributed by atoms with E-state index < -0.39 is 5.82 Å². The third-order valence-corrected chi connectivity index (χ3v) is 2.84. The monoisotopic (exact) mass is 274 g/mol. The molecular weight excluding hydrogens is 259 g/mol. The van der Waals surface area contributed by atoms with Crippen LogP contribution in [0.2, 0.25) is 0 Å². The quantitative estimate of drug-likeness (QED) is 0.390. The Morgan fingerprint density at radius 1 is 1.30 bits per heavy atom. The second-order valence-electron chi connectivity index (χ2n) is 4.40. The topological polar surface area (TPSA) is 67.8 Å². The fourth-order valence-electron chi connectivity index (χ4n) is 1.75. The molecule has 0 amide bonds. The first-order chi connectivity index (χ1) is 9.60. The zero-order valence-electron chi connectivity index (χ0n) is 11.0. The molecule has 0 saturated heterocycles. The van der Waals surface area contributed by atoms with Crippen LogP contribution in [0, 0.1) is 12.7 Å². The molecule has 0 bridgehead atoms. The largest absolute Gasteiger partial charge is 0.489 e. The normalized spacial score (nSPS) is 11.4. The van der Waals surface area contributed by atoms with Crippen LogP contribution < -0.4 is 10.5 Å². The van der Waals surface area contributed by atoms with Gasteiger partial charge in [-0.1, -0.05) is 29.4 Å². The van der Waals surface area contributed by atoms with Crippen molar-refractivity contribution in [3.8, 4) is 5.75 Å². The van der Waals surface area contributed by atoms with Crippen molar-refractivity contribution in [3.63, 3.8) is 0 Å². The molecule has 2 rings (SSSR count). The summed E-state index contributed by atoms with van der Waals surface area (Å²) in [5.41, 5.74) is 7.20. The van der Waals surface area contributed by atoms with Gasteiger partial charge in [-0.15, -0.1) is 0 Å². The molecule has 104 valence electrons. The van der Waals surface area contributed by atoms with Crippen molar-refractivity contribution in [2.45, 2.75) is 13.5 Å². The fraction of sp³-hybridized carbons (Fsp3) is 0.133. The Balaban J connectivity index is 2.11. The number of nitrogens with two attached hydrogens (primary N) is 1. The number of amidine groups is 1. The van der Waals surface area contributed by atoms with Crippen LogP contribution in [-0.4, -0.2) is 11.0 Å². The third kappa shape index (κ3) is 3.26. The first-order valence-electron chi connectivity index (χ1n) is 6.06. The predicted octanol–water partition coefficient (Wildman–Crippen LogP) is 2.81. The first kappa shape index (κ1) is 13.9. The number of benzene rings is 2. The molecule has 2 aromatic rings. The van der Waals surface area contributed by atoms with Crippen LogP contribution in [0.5, 0.6) is 5.75 Å². The molecule has 0 saturated carbocycles.